The highest BCUT2D eigenvalue weighted by atomic mass is 16.5. The highest BCUT2D eigenvalue weighted by Crippen LogP contribution is 2.14. The lowest BCUT2D eigenvalue weighted by Gasteiger charge is -2.01. The molecule has 4 N–H and O–H groups in total. The second-order valence-corrected chi connectivity index (χ2v) is 3.49. The van der Waals surface area contributed by atoms with Gasteiger partial charge in [0.25, 0.3) is 11.8 Å². The summed E-state index contributed by atoms with van der Waals surface area (Å²) in [5.41, 5.74) is 2.66. The fourth-order valence-electron chi connectivity index (χ4n) is 1.49. The Hall–Kier alpha value is -2.34. The largest absolute Gasteiger partial charge is 0.351 e. The number of benzene rings is 1. The molecule has 0 bridgehead atoms. The third kappa shape index (κ3) is 2.43. The first kappa shape index (κ1) is 11.2. The van der Waals surface area contributed by atoms with Crippen LogP contribution in [-0.2, 0) is 4.79 Å². The Morgan fingerprint density at radius 1 is 1.29 bits per heavy atom. The van der Waals surface area contributed by atoms with Crippen molar-refractivity contribution in [1.29, 1.82) is 0 Å². The van der Waals surface area contributed by atoms with E-state index in [9.17, 15) is 9.59 Å². The number of aromatic nitrogens is 1. The Morgan fingerprint density at radius 2 is 2.06 bits per heavy atom. The van der Waals surface area contributed by atoms with Gasteiger partial charge in [0.2, 0.25) is 0 Å². The van der Waals surface area contributed by atoms with E-state index in [0.717, 1.165) is 10.9 Å². The van der Waals surface area contributed by atoms with Gasteiger partial charge in [-0.3, -0.25) is 14.8 Å². The van der Waals surface area contributed by atoms with Gasteiger partial charge in [-0.15, -0.1) is 0 Å². The van der Waals surface area contributed by atoms with Crippen molar-refractivity contribution in [1.82, 2.24) is 15.8 Å². The molecule has 0 fully saturated rings. The summed E-state index contributed by atoms with van der Waals surface area (Å²) in [5.74, 6) is -1.07. The molecule has 0 aliphatic carbocycles. The molecule has 0 aliphatic heterocycles. The van der Waals surface area contributed by atoms with Crippen molar-refractivity contribution in [3.05, 3.63) is 36.0 Å². The van der Waals surface area contributed by atoms with E-state index in [-0.39, 0.29) is 6.54 Å². The number of para-hydroxylation sites is 1. The Kier molecular flexibility index (Phi) is 3.06. The Labute approximate surface area is 96.6 Å². The summed E-state index contributed by atoms with van der Waals surface area (Å²) >= 11 is 0. The normalized spacial score (nSPS) is 10.2. The van der Waals surface area contributed by atoms with Gasteiger partial charge in [0.15, 0.2) is 0 Å². The van der Waals surface area contributed by atoms with Gasteiger partial charge in [-0.1, -0.05) is 18.2 Å². The van der Waals surface area contributed by atoms with Crippen molar-refractivity contribution in [2.24, 2.45) is 0 Å². The van der Waals surface area contributed by atoms with Crippen molar-refractivity contribution in [3.63, 3.8) is 0 Å². The molecule has 0 saturated carbocycles. The first-order valence-electron chi connectivity index (χ1n) is 4.99. The topological polar surface area (TPSA) is 94.2 Å². The molecule has 1 aromatic carbocycles. The Morgan fingerprint density at radius 3 is 2.76 bits per heavy atom. The van der Waals surface area contributed by atoms with E-state index < -0.39 is 11.8 Å². The van der Waals surface area contributed by atoms with E-state index in [1.165, 1.54) is 5.48 Å². The van der Waals surface area contributed by atoms with E-state index in [0.29, 0.717) is 5.69 Å². The van der Waals surface area contributed by atoms with E-state index >= 15 is 0 Å². The SMILES string of the molecule is O=C(CNC(=O)c1cc2ccccc2[nH]1)NO. The van der Waals surface area contributed by atoms with Crippen LogP contribution in [0.15, 0.2) is 30.3 Å². The smallest absolute Gasteiger partial charge is 0.268 e. The lowest BCUT2D eigenvalue weighted by molar-refractivity contribution is -0.128. The monoisotopic (exact) mass is 233 g/mol. The second kappa shape index (κ2) is 4.67. The van der Waals surface area contributed by atoms with Gasteiger partial charge in [-0.2, -0.15) is 0 Å². The number of carbonyl (C=O) groups excluding carboxylic acids is 2. The van der Waals surface area contributed by atoms with Crippen molar-refractivity contribution < 1.29 is 14.8 Å². The minimum absolute atomic E-state index is 0.273. The molecule has 0 spiro atoms. The number of hydrogen-bond donors (Lipinski definition) is 4. The molecule has 2 aromatic rings. The maximum absolute atomic E-state index is 11.6. The lowest BCUT2D eigenvalue weighted by atomic mass is 10.2. The van der Waals surface area contributed by atoms with Gasteiger partial charge < -0.3 is 10.3 Å². The van der Waals surface area contributed by atoms with Crippen LogP contribution in [0.2, 0.25) is 0 Å². The molecule has 6 nitrogen and oxygen atoms in total. The maximum atomic E-state index is 11.6. The molecule has 0 atom stereocenters. The number of fused-ring (bicyclic) bond motifs is 1. The fraction of sp³-hybridized carbons (Fsp3) is 0.0909. The zero-order chi connectivity index (χ0) is 12.3. The summed E-state index contributed by atoms with van der Waals surface area (Å²) in [7, 11) is 0. The first-order valence-corrected chi connectivity index (χ1v) is 4.99. The Balaban J connectivity index is 2.11. The molecule has 2 rings (SSSR count). The highest BCUT2D eigenvalue weighted by Gasteiger charge is 2.10. The molecule has 1 aromatic heterocycles. The molecule has 1 heterocycles. The minimum atomic E-state index is -0.672. The van der Waals surface area contributed by atoms with Crippen LogP contribution in [0.4, 0.5) is 0 Å². The summed E-state index contributed by atoms with van der Waals surface area (Å²) in [4.78, 5) is 25.3. The van der Waals surface area contributed by atoms with Crippen LogP contribution in [0.5, 0.6) is 0 Å². The standard InChI is InChI=1S/C11H11N3O3/c15-10(14-17)6-12-11(16)9-5-7-3-1-2-4-8(7)13-9/h1-5,13,17H,6H2,(H,12,16)(H,14,15). The lowest BCUT2D eigenvalue weighted by Crippen LogP contribution is -2.35. The number of hydrogen-bond acceptors (Lipinski definition) is 3. The predicted molar refractivity (Wildman–Crippen MR) is 60.6 cm³/mol. The van der Waals surface area contributed by atoms with E-state index in [1.54, 1.807) is 6.07 Å². The number of H-pyrrole nitrogens is 1. The predicted octanol–water partition coefficient (Wildman–Crippen LogP) is 0.403. The average Bonchev–Trinajstić information content (AvgIpc) is 2.79. The molecule has 0 unspecified atom stereocenters. The number of nitrogens with one attached hydrogen (secondary N) is 3. The summed E-state index contributed by atoms with van der Waals surface area (Å²) < 4.78 is 0. The highest BCUT2D eigenvalue weighted by molar-refractivity contribution is 5.99. The zero-order valence-corrected chi connectivity index (χ0v) is 8.86. The summed E-state index contributed by atoms with van der Waals surface area (Å²) in [6.45, 7) is -0.273. The van der Waals surface area contributed by atoms with Crippen LogP contribution in [0.3, 0.4) is 0 Å². The molecule has 6 heteroatoms. The van der Waals surface area contributed by atoms with Gasteiger partial charge >= 0.3 is 0 Å². The van der Waals surface area contributed by atoms with Crippen LogP contribution < -0.4 is 10.8 Å². The third-order valence-corrected chi connectivity index (χ3v) is 2.31. The molecule has 0 aliphatic rings. The van der Waals surface area contributed by atoms with Crippen LogP contribution in [0.1, 0.15) is 10.5 Å². The fourth-order valence-corrected chi connectivity index (χ4v) is 1.49. The summed E-state index contributed by atoms with van der Waals surface area (Å²) in [5, 5.41) is 11.6. The van der Waals surface area contributed by atoms with Crippen molar-refractivity contribution in [2.45, 2.75) is 0 Å². The van der Waals surface area contributed by atoms with Gasteiger partial charge in [0, 0.05) is 10.9 Å². The molecular weight excluding hydrogens is 222 g/mol. The summed E-state index contributed by atoms with van der Waals surface area (Å²) in [6, 6.07) is 9.16. The third-order valence-electron chi connectivity index (χ3n) is 2.31. The number of carbonyl (C=O) groups is 2. The van der Waals surface area contributed by atoms with Crippen molar-refractivity contribution in [3.8, 4) is 0 Å². The summed E-state index contributed by atoms with van der Waals surface area (Å²) in [6.07, 6.45) is 0. The quantitative estimate of drug-likeness (QED) is 0.456. The molecule has 0 saturated heterocycles. The molecule has 17 heavy (non-hydrogen) atoms. The van der Waals surface area contributed by atoms with E-state index in [1.807, 2.05) is 24.3 Å². The number of rotatable bonds is 3. The Bertz CT molecular complexity index is 529. The molecule has 88 valence electrons. The van der Waals surface area contributed by atoms with E-state index in [2.05, 4.69) is 10.3 Å². The van der Waals surface area contributed by atoms with E-state index in [4.69, 9.17) is 5.21 Å². The molecule has 0 radical (unpaired) electrons. The van der Waals surface area contributed by atoms with Gasteiger partial charge in [-0.05, 0) is 12.1 Å². The first-order chi connectivity index (χ1) is 8.20. The van der Waals surface area contributed by atoms with Crippen LogP contribution >= 0.6 is 0 Å². The van der Waals surface area contributed by atoms with Crippen LogP contribution in [-0.4, -0.2) is 28.6 Å². The number of amides is 2. The van der Waals surface area contributed by atoms with Crippen LogP contribution in [0, 0.1) is 0 Å². The van der Waals surface area contributed by atoms with Crippen LogP contribution in [0.25, 0.3) is 10.9 Å². The molecule has 2 amide bonds. The van der Waals surface area contributed by atoms with Crippen molar-refractivity contribution in [2.75, 3.05) is 6.54 Å². The van der Waals surface area contributed by atoms with Gasteiger partial charge in [0.1, 0.15) is 5.69 Å². The molecular formula is C11H11N3O3. The van der Waals surface area contributed by atoms with Gasteiger partial charge in [-0.25, -0.2) is 5.48 Å². The maximum Gasteiger partial charge on any atom is 0.268 e. The zero-order valence-electron chi connectivity index (χ0n) is 8.86. The second-order valence-electron chi connectivity index (χ2n) is 3.49. The average molecular weight is 233 g/mol. The number of hydroxylamine groups is 1. The van der Waals surface area contributed by atoms with Gasteiger partial charge in [0.05, 0.1) is 6.54 Å². The number of aromatic amines is 1. The minimum Gasteiger partial charge on any atom is -0.351 e. The van der Waals surface area contributed by atoms with Crippen molar-refractivity contribution >= 4 is 22.7 Å².